The Morgan fingerprint density at radius 1 is 1.20 bits per heavy atom. The zero-order valence-electron chi connectivity index (χ0n) is 14.2. The van der Waals surface area contributed by atoms with E-state index in [2.05, 4.69) is 10.6 Å². The van der Waals surface area contributed by atoms with Crippen LogP contribution < -0.4 is 10.6 Å². The lowest BCUT2D eigenvalue weighted by Gasteiger charge is -2.13. The Morgan fingerprint density at radius 3 is 2.64 bits per heavy atom. The van der Waals surface area contributed by atoms with Crippen molar-refractivity contribution in [2.24, 2.45) is 0 Å². The number of aliphatic hydroxyl groups excluding tert-OH is 1. The SMILES string of the molecule is CCNC(=O)c1ccc(C)c(NC(=O)CC(O)c2cccc(F)c2)c1. The fourth-order valence-electron chi connectivity index (χ4n) is 2.37. The molecule has 0 spiro atoms. The normalized spacial score (nSPS) is 11.7. The molecule has 0 aliphatic heterocycles. The van der Waals surface area contributed by atoms with Gasteiger partial charge in [-0.15, -0.1) is 0 Å². The van der Waals surface area contributed by atoms with Gasteiger partial charge >= 0.3 is 0 Å². The molecule has 2 aromatic carbocycles. The van der Waals surface area contributed by atoms with E-state index in [1.54, 1.807) is 31.2 Å². The van der Waals surface area contributed by atoms with E-state index in [1.807, 2.05) is 6.92 Å². The number of aliphatic hydroxyl groups is 1. The smallest absolute Gasteiger partial charge is 0.251 e. The standard InChI is InChI=1S/C19H21FN2O3/c1-3-21-19(25)14-8-7-12(2)16(10-14)22-18(24)11-17(23)13-5-4-6-15(20)9-13/h4-10,17,23H,3,11H2,1-2H3,(H,21,25)(H,22,24). The van der Waals surface area contributed by atoms with Gasteiger partial charge in [0.05, 0.1) is 12.5 Å². The lowest BCUT2D eigenvalue weighted by Crippen LogP contribution is -2.23. The summed E-state index contributed by atoms with van der Waals surface area (Å²) in [6, 6.07) is 10.5. The van der Waals surface area contributed by atoms with Crippen LogP contribution in [0.1, 0.15) is 40.9 Å². The predicted molar refractivity (Wildman–Crippen MR) is 93.8 cm³/mol. The first-order valence-corrected chi connectivity index (χ1v) is 8.03. The van der Waals surface area contributed by atoms with Crippen LogP contribution in [0, 0.1) is 12.7 Å². The summed E-state index contributed by atoms with van der Waals surface area (Å²) >= 11 is 0. The van der Waals surface area contributed by atoms with Crippen LogP contribution in [0.5, 0.6) is 0 Å². The number of aryl methyl sites for hydroxylation is 1. The van der Waals surface area contributed by atoms with E-state index in [-0.39, 0.29) is 12.3 Å². The van der Waals surface area contributed by atoms with Crippen LogP contribution in [0.2, 0.25) is 0 Å². The lowest BCUT2D eigenvalue weighted by molar-refractivity contribution is -0.118. The van der Waals surface area contributed by atoms with Gasteiger partial charge in [0.25, 0.3) is 5.91 Å². The van der Waals surface area contributed by atoms with Gasteiger partial charge < -0.3 is 15.7 Å². The Labute approximate surface area is 145 Å². The fourth-order valence-corrected chi connectivity index (χ4v) is 2.37. The summed E-state index contributed by atoms with van der Waals surface area (Å²) in [4.78, 5) is 24.1. The third-order valence-corrected chi connectivity index (χ3v) is 3.72. The first-order valence-electron chi connectivity index (χ1n) is 8.03. The first-order chi connectivity index (χ1) is 11.9. The number of benzene rings is 2. The molecule has 6 heteroatoms. The molecule has 0 bridgehead atoms. The summed E-state index contributed by atoms with van der Waals surface area (Å²) < 4.78 is 13.2. The molecule has 0 aliphatic carbocycles. The summed E-state index contributed by atoms with van der Waals surface area (Å²) in [7, 11) is 0. The van der Waals surface area contributed by atoms with E-state index in [4.69, 9.17) is 0 Å². The highest BCUT2D eigenvalue weighted by Gasteiger charge is 2.15. The number of nitrogens with one attached hydrogen (secondary N) is 2. The molecule has 0 saturated carbocycles. The molecule has 0 radical (unpaired) electrons. The molecule has 25 heavy (non-hydrogen) atoms. The van der Waals surface area contributed by atoms with Crippen molar-refractivity contribution in [2.45, 2.75) is 26.4 Å². The number of carbonyl (C=O) groups is 2. The van der Waals surface area contributed by atoms with E-state index in [9.17, 15) is 19.1 Å². The van der Waals surface area contributed by atoms with Crippen molar-refractivity contribution in [2.75, 3.05) is 11.9 Å². The van der Waals surface area contributed by atoms with Gasteiger partial charge in [-0.25, -0.2) is 4.39 Å². The minimum atomic E-state index is -1.11. The second-order valence-electron chi connectivity index (χ2n) is 5.71. The van der Waals surface area contributed by atoms with Crippen molar-refractivity contribution in [1.29, 1.82) is 0 Å². The van der Waals surface area contributed by atoms with Crippen molar-refractivity contribution < 1.29 is 19.1 Å². The van der Waals surface area contributed by atoms with Gasteiger partial charge in [-0.1, -0.05) is 18.2 Å². The zero-order chi connectivity index (χ0) is 18.4. The monoisotopic (exact) mass is 344 g/mol. The number of halogens is 1. The molecule has 2 aromatic rings. The molecule has 0 heterocycles. The van der Waals surface area contributed by atoms with Crippen LogP contribution in [-0.2, 0) is 4.79 Å². The largest absolute Gasteiger partial charge is 0.388 e. The fraction of sp³-hybridized carbons (Fsp3) is 0.263. The van der Waals surface area contributed by atoms with Crippen LogP contribution in [0.4, 0.5) is 10.1 Å². The number of hydrogen-bond donors (Lipinski definition) is 3. The Morgan fingerprint density at radius 2 is 1.96 bits per heavy atom. The number of rotatable bonds is 6. The molecule has 2 rings (SSSR count). The van der Waals surface area contributed by atoms with E-state index in [0.717, 1.165) is 5.56 Å². The molecule has 1 atom stereocenters. The minimum Gasteiger partial charge on any atom is -0.388 e. The molecule has 1 unspecified atom stereocenters. The van der Waals surface area contributed by atoms with Gasteiger partial charge in [0.15, 0.2) is 0 Å². The van der Waals surface area contributed by atoms with Crippen molar-refractivity contribution in [3.05, 3.63) is 65.0 Å². The van der Waals surface area contributed by atoms with E-state index >= 15 is 0 Å². The van der Waals surface area contributed by atoms with E-state index in [0.29, 0.717) is 23.4 Å². The summed E-state index contributed by atoms with van der Waals surface area (Å²) in [5.41, 5.74) is 2.07. The summed E-state index contributed by atoms with van der Waals surface area (Å²) in [6.45, 7) is 4.14. The highest BCUT2D eigenvalue weighted by atomic mass is 19.1. The number of hydrogen-bond acceptors (Lipinski definition) is 3. The van der Waals surface area contributed by atoms with E-state index in [1.165, 1.54) is 18.2 Å². The maximum atomic E-state index is 13.2. The maximum absolute atomic E-state index is 13.2. The lowest BCUT2D eigenvalue weighted by atomic mass is 10.1. The van der Waals surface area contributed by atoms with Gasteiger partial charge in [-0.2, -0.15) is 0 Å². The quantitative estimate of drug-likeness (QED) is 0.754. The molecule has 0 aromatic heterocycles. The van der Waals surface area contributed by atoms with Crippen molar-refractivity contribution in [3.63, 3.8) is 0 Å². The Balaban J connectivity index is 2.07. The Kier molecular flexibility index (Phi) is 6.25. The van der Waals surface area contributed by atoms with Gasteiger partial charge in [0, 0.05) is 17.8 Å². The number of amides is 2. The Hall–Kier alpha value is -2.73. The third kappa shape index (κ3) is 5.12. The van der Waals surface area contributed by atoms with Crippen LogP contribution >= 0.6 is 0 Å². The number of carbonyl (C=O) groups excluding carboxylic acids is 2. The topological polar surface area (TPSA) is 78.4 Å². The first kappa shape index (κ1) is 18.6. The Bertz CT molecular complexity index is 777. The average molecular weight is 344 g/mol. The van der Waals surface area contributed by atoms with Crippen molar-refractivity contribution >= 4 is 17.5 Å². The molecule has 0 saturated heterocycles. The molecule has 132 valence electrons. The van der Waals surface area contributed by atoms with Crippen LogP contribution in [0.25, 0.3) is 0 Å². The second-order valence-corrected chi connectivity index (χ2v) is 5.71. The van der Waals surface area contributed by atoms with Crippen LogP contribution in [0.3, 0.4) is 0 Å². The summed E-state index contributed by atoms with van der Waals surface area (Å²) in [6.07, 6.45) is -1.32. The van der Waals surface area contributed by atoms with Crippen molar-refractivity contribution in [3.8, 4) is 0 Å². The summed E-state index contributed by atoms with van der Waals surface area (Å²) in [5, 5.41) is 15.5. The minimum absolute atomic E-state index is 0.214. The molecular weight excluding hydrogens is 323 g/mol. The molecular formula is C19H21FN2O3. The highest BCUT2D eigenvalue weighted by molar-refractivity contribution is 5.97. The van der Waals surface area contributed by atoms with Crippen molar-refractivity contribution in [1.82, 2.24) is 5.32 Å². The molecule has 5 nitrogen and oxygen atoms in total. The molecule has 3 N–H and O–H groups in total. The van der Waals surface area contributed by atoms with Crippen LogP contribution in [0.15, 0.2) is 42.5 Å². The number of anilines is 1. The highest BCUT2D eigenvalue weighted by Crippen LogP contribution is 2.21. The van der Waals surface area contributed by atoms with Gasteiger partial charge in [-0.05, 0) is 49.2 Å². The van der Waals surface area contributed by atoms with E-state index < -0.39 is 17.8 Å². The second kappa shape index (κ2) is 8.39. The zero-order valence-corrected chi connectivity index (χ0v) is 14.2. The molecule has 2 amide bonds. The average Bonchev–Trinajstić information content (AvgIpc) is 2.57. The molecule has 0 fully saturated rings. The maximum Gasteiger partial charge on any atom is 0.251 e. The third-order valence-electron chi connectivity index (χ3n) is 3.72. The van der Waals surface area contributed by atoms with Gasteiger partial charge in [0.1, 0.15) is 5.82 Å². The molecule has 0 aliphatic rings. The van der Waals surface area contributed by atoms with Gasteiger partial charge in [0.2, 0.25) is 5.91 Å². The predicted octanol–water partition coefficient (Wildman–Crippen LogP) is 2.95. The van der Waals surface area contributed by atoms with Gasteiger partial charge in [-0.3, -0.25) is 9.59 Å². The summed E-state index contributed by atoms with van der Waals surface area (Å²) in [5.74, 6) is -1.12. The van der Waals surface area contributed by atoms with Crippen LogP contribution in [-0.4, -0.2) is 23.5 Å².